The molecule has 6 heteroatoms. The van der Waals surface area contributed by atoms with Gasteiger partial charge >= 0.3 is 0 Å². The van der Waals surface area contributed by atoms with Gasteiger partial charge < -0.3 is 19.5 Å². The Balaban J connectivity index is 1.51. The van der Waals surface area contributed by atoms with E-state index in [9.17, 15) is 5.11 Å². The van der Waals surface area contributed by atoms with Gasteiger partial charge in [0.1, 0.15) is 12.4 Å². The molecule has 1 aliphatic rings. The van der Waals surface area contributed by atoms with E-state index in [0.29, 0.717) is 31.4 Å². The molecule has 1 atom stereocenters. The van der Waals surface area contributed by atoms with E-state index in [1.165, 1.54) is 0 Å². The highest BCUT2D eigenvalue weighted by atomic mass is 35.5. The van der Waals surface area contributed by atoms with Gasteiger partial charge in [-0.1, -0.05) is 11.6 Å². The number of aliphatic hydroxyl groups is 1. The average Bonchev–Trinajstić information content (AvgIpc) is 2.51. The number of hydrogen-bond donors (Lipinski definition) is 1. The average molecular weight is 329 g/mol. The third-order valence-electron chi connectivity index (χ3n) is 3.69. The van der Waals surface area contributed by atoms with Crippen LogP contribution in [-0.2, 0) is 4.74 Å². The summed E-state index contributed by atoms with van der Waals surface area (Å²) in [5, 5.41) is 10.7. The number of halogens is 1. The number of aliphatic hydroxyl groups excluding tert-OH is 1. The summed E-state index contributed by atoms with van der Waals surface area (Å²) in [6.07, 6.45) is -0.445. The fraction of sp³-hybridized carbons (Fsp3) is 0.625. The van der Waals surface area contributed by atoms with Crippen molar-refractivity contribution >= 4 is 11.6 Å². The van der Waals surface area contributed by atoms with Crippen LogP contribution in [0.1, 0.15) is 0 Å². The van der Waals surface area contributed by atoms with E-state index in [0.717, 1.165) is 31.9 Å². The third-order valence-corrected chi connectivity index (χ3v) is 3.94. The zero-order valence-electron chi connectivity index (χ0n) is 13.1. The zero-order valence-corrected chi connectivity index (χ0v) is 13.8. The molecule has 0 saturated carbocycles. The Morgan fingerprint density at radius 1 is 1.14 bits per heavy atom. The van der Waals surface area contributed by atoms with Crippen LogP contribution in [0.4, 0.5) is 0 Å². The molecule has 0 aliphatic carbocycles. The number of likely N-dealkylation sites (N-methyl/N-ethyl adjacent to an activating group) is 1. The molecule has 0 bridgehead atoms. The van der Waals surface area contributed by atoms with Crippen molar-refractivity contribution in [1.29, 1.82) is 0 Å². The molecule has 1 saturated heterocycles. The maximum Gasteiger partial charge on any atom is 0.119 e. The minimum atomic E-state index is -0.445. The van der Waals surface area contributed by atoms with Crippen LogP contribution >= 0.6 is 11.6 Å². The van der Waals surface area contributed by atoms with E-state index in [1.807, 2.05) is 12.1 Å². The number of nitrogens with zero attached hydrogens (tertiary/aromatic N) is 2. The standard InChI is InChI=1S/C16H25ClN2O3/c1-18-6-8-19(9-7-18)12-15(20)13-21-10-11-22-16-4-2-14(17)3-5-16/h2-5,15,20H,6-13H2,1H3/t15-/m0/s1. The van der Waals surface area contributed by atoms with Crippen LogP contribution in [0.2, 0.25) is 5.02 Å². The maximum atomic E-state index is 9.98. The molecule has 5 nitrogen and oxygen atoms in total. The fourth-order valence-electron chi connectivity index (χ4n) is 2.35. The molecule has 1 aromatic carbocycles. The van der Waals surface area contributed by atoms with Crippen LogP contribution in [0.15, 0.2) is 24.3 Å². The molecule has 1 N–H and O–H groups in total. The van der Waals surface area contributed by atoms with Crippen LogP contribution in [0.3, 0.4) is 0 Å². The van der Waals surface area contributed by atoms with E-state index < -0.39 is 6.10 Å². The topological polar surface area (TPSA) is 45.2 Å². The summed E-state index contributed by atoms with van der Waals surface area (Å²) in [6, 6.07) is 7.23. The van der Waals surface area contributed by atoms with Crippen molar-refractivity contribution in [1.82, 2.24) is 9.80 Å². The first-order chi connectivity index (χ1) is 10.6. The van der Waals surface area contributed by atoms with E-state index in [-0.39, 0.29) is 0 Å². The fourth-order valence-corrected chi connectivity index (χ4v) is 2.48. The molecule has 1 fully saturated rings. The van der Waals surface area contributed by atoms with Crippen LogP contribution in [0.25, 0.3) is 0 Å². The number of β-amino-alcohol motifs (C(OH)–C–C–N with tert-alkyl or cyclic N) is 1. The molecule has 0 spiro atoms. The molecule has 0 aromatic heterocycles. The van der Waals surface area contributed by atoms with E-state index in [1.54, 1.807) is 12.1 Å². The third kappa shape index (κ3) is 6.50. The second kappa shape index (κ2) is 9.33. The molecule has 2 rings (SSSR count). The first-order valence-corrected chi connectivity index (χ1v) is 8.06. The summed E-state index contributed by atoms with van der Waals surface area (Å²) in [5.74, 6) is 0.769. The Morgan fingerprint density at radius 2 is 1.82 bits per heavy atom. The number of benzene rings is 1. The molecule has 0 amide bonds. The highest BCUT2D eigenvalue weighted by molar-refractivity contribution is 6.30. The molecule has 1 aromatic rings. The smallest absolute Gasteiger partial charge is 0.119 e. The number of piperazine rings is 1. The largest absolute Gasteiger partial charge is 0.491 e. The summed E-state index contributed by atoms with van der Waals surface area (Å²) in [6.45, 7) is 6.07. The summed E-state index contributed by atoms with van der Waals surface area (Å²) in [4.78, 5) is 4.58. The van der Waals surface area contributed by atoms with Gasteiger partial charge in [-0.15, -0.1) is 0 Å². The normalized spacial score (nSPS) is 18.3. The van der Waals surface area contributed by atoms with Gasteiger partial charge in [0, 0.05) is 37.7 Å². The van der Waals surface area contributed by atoms with E-state index >= 15 is 0 Å². The highest BCUT2D eigenvalue weighted by Gasteiger charge is 2.16. The highest BCUT2D eigenvalue weighted by Crippen LogP contribution is 2.15. The van der Waals surface area contributed by atoms with Gasteiger partial charge in [-0.25, -0.2) is 0 Å². The van der Waals surface area contributed by atoms with Crippen molar-refractivity contribution in [2.45, 2.75) is 6.10 Å². The Hall–Kier alpha value is -0.850. The molecule has 1 aliphatic heterocycles. The predicted octanol–water partition coefficient (Wildman–Crippen LogP) is 1.34. The Kier molecular flexibility index (Phi) is 7.42. The molecule has 22 heavy (non-hydrogen) atoms. The van der Waals surface area contributed by atoms with Crippen molar-refractivity contribution in [3.63, 3.8) is 0 Å². The van der Waals surface area contributed by atoms with Gasteiger partial charge in [0.05, 0.1) is 19.3 Å². The first-order valence-electron chi connectivity index (χ1n) is 7.68. The quantitative estimate of drug-likeness (QED) is 0.730. The lowest BCUT2D eigenvalue weighted by atomic mass is 10.3. The summed E-state index contributed by atoms with van der Waals surface area (Å²) in [5.41, 5.74) is 0. The van der Waals surface area contributed by atoms with Crippen molar-refractivity contribution in [2.24, 2.45) is 0 Å². The zero-order chi connectivity index (χ0) is 15.8. The van der Waals surface area contributed by atoms with E-state index in [4.69, 9.17) is 21.1 Å². The first kappa shape index (κ1) is 17.5. The molecular weight excluding hydrogens is 304 g/mol. The number of hydrogen-bond acceptors (Lipinski definition) is 5. The van der Waals surface area contributed by atoms with Crippen LogP contribution in [0.5, 0.6) is 5.75 Å². The Labute approximate surface area is 137 Å². The predicted molar refractivity (Wildman–Crippen MR) is 87.7 cm³/mol. The second-order valence-corrected chi connectivity index (χ2v) is 6.07. The van der Waals surface area contributed by atoms with Gasteiger partial charge in [-0.3, -0.25) is 4.90 Å². The lowest BCUT2D eigenvalue weighted by molar-refractivity contribution is 0.00150. The monoisotopic (exact) mass is 328 g/mol. The second-order valence-electron chi connectivity index (χ2n) is 5.64. The van der Waals surface area contributed by atoms with Gasteiger partial charge in [0.2, 0.25) is 0 Å². The van der Waals surface area contributed by atoms with Gasteiger partial charge in [0.15, 0.2) is 0 Å². The number of ether oxygens (including phenoxy) is 2. The van der Waals surface area contributed by atoms with Crippen molar-refractivity contribution < 1.29 is 14.6 Å². The van der Waals surface area contributed by atoms with Gasteiger partial charge in [0.25, 0.3) is 0 Å². The summed E-state index contributed by atoms with van der Waals surface area (Å²) < 4.78 is 11.0. The van der Waals surface area contributed by atoms with Crippen molar-refractivity contribution in [2.75, 3.05) is 59.6 Å². The van der Waals surface area contributed by atoms with Crippen LogP contribution in [-0.4, -0.2) is 80.6 Å². The lowest BCUT2D eigenvalue weighted by Gasteiger charge is -2.33. The van der Waals surface area contributed by atoms with Crippen LogP contribution in [0, 0.1) is 0 Å². The SMILES string of the molecule is CN1CCN(C[C@H](O)COCCOc2ccc(Cl)cc2)CC1. The summed E-state index contributed by atoms with van der Waals surface area (Å²) >= 11 is 5.80. The molecule has 0 unspecified atom stereocenters. The minimum Gasteiger partial charge on any atom is -0.491 e. The van der Waals surface area contributed by atoms with Gasteiger partial charge in [-0.2, -0.15) is 0 Å². The summed E-state index contributed by atoms with van der Waals surface area (Å²) in [7, 11) is 2.12. The van der Waals surface area contributed by atoms with Crippen molar-refractivity contribution in [3.8, 4) is 5.75 Å². The number of rotatable bonds is 8. The molecular formula is C16H25ClN2O3. The molecule has 124 valence electrons. The molecule has 0 radical (unpaired) electrons. The minimum absolute atomic E-state index is 0.344. The maximum absolute atomic E-state index is 9.98. The lowest BCUT2D eigenvalue weighted by Crippen LogP contribution is -2.47. The Morgan fingerprint density at radius 3 is 2.50 bits per heavy atom. The van der Waals surface area contributed by atoms with E-state index in [2.05, 4.69) is 16.8 Å². The van der Waals surface area contributed by atoms with Crippen molar-refractivity contribution in [3.05, 3.63) is 29.3 Å². The Bertz CT molecular complexity index is 422. The van der Waals surface area contributed by atoms with Crippen LogP contribution < -0.4 is 4.74 Å². The molecule has 1 heterocycles. The van der Waals surface area contributed by atoms with Gasteiger partial charge in [-0.05, 0) is 31.3 Å².